The van der Waals surface area contributed by atoms with Crippen LogP contribution in [0.4, 0.5) is 18.3 Å². The number of ether oxygens (including phenoxy) is 1. The van der Waals surface area contributed by atoms with Crippen molar-refractivity contribution < 1.29 is 32.3 Å². The maximum absolute atomic E-state index is 12.9. The van der Waals surface area contributed by atoms with Crippen LogP contribution in [0.5, 0.6) is 5.75 Å². The molecule has 0 atom stereocenters. The van der Waals surface area contributed by atoms with Gasteiger partial charge in [0, 0.05) is 17.2 Å². The molecule has 9 nitrogen and oxygen atoms in total. The first-order valence-electron chi connectivity index (χ1n) is 8.56. The SMILES string of the molecule is O=C1c2ccccc2C(=O)c2c1n(Nc1nc3cc(OC(F)(F)F)ccc3s1)n[n+]2[O-]. The van der Waals surface area contributed by atoms with Crippen LogP contribution in [0.15, 0.2) is 42.5 Å². The molecule has 1 aliphatic carbocycles. The Bertz CT molecular complexity index is 1390. The maximum atomic E-state index is 12.9. The third-order valence-corrected chi connectivity index (χ3v) is 5.38. The van der Waals surface area contributed by atoms with E-state index < -0.39 is 29.4 Å². The highest BCUT2D eigenvalue weighted by Gasteiger charge is 2.42. The lowest BCUT2D eigenvalue weighted by atomic mass is 9.90. The van der Waals surface area contributed by atoms with Gasteiger partial charge in [0.1, 0.15) is 11.0 Å². The molecule has 0 aliphatic heterocycles. The fraction of sp³-hybridized carbons (Fsp3) is 0.0556. The molecule has 0 saturated carbocycles. The van der Waals surface area contributed by atoms with Crippen LogP contribution in [0.2, 0.25) is 0 Å². The lowest BCUT2D eigenvalue weighted by molar-refractivity contribution is -0.672. The van der Waals surface area contributed by atoms with E-state index in [1.54, 1.807) is 12.1 Å². The number of benzene rings is 2. The number of fused-ring (bicyclic) bond motifs is 3. The molecule has 4 aromatic rings. The number of hydrogen-bond donors (Lipinski definition) is 1. The first kappa shape index (κ1) is 19.0. The summed E-state index contributed by atoms with van der Waals surface area (Å²) in [5.41, 5.74) is 2.37. The number of aromatic nitrogens is 4. The van der Waals surface area contributed by atoms with E-state index in [2.05, 4.69) is 20.4 Å². The Morgan fingerprint density at radius 1 is 1.10 bits per heavy atom. The summed E-state index contributed by atoms with van der Waals surface area (Å²) in [4.78, 5) is 30.6. The summed E-state index contributed by atoms with van der Waals surface area (Å²) in [7, 11) is 0. The highest BCUT2D eigenvalue weighted by atomic mass is 32.1. The highest BCUT2D eigenvalue weighted by Crippen LogP contribution is 2.32. The van der Waals surface area contributed by atoms with E-state index in [1.807, 2.05) is 0 Å². The third kappa shape index (κ3) is 3.15. The molecule has 2 aromatic heterocycles. The van der Waals surface area contributed by atoms with Crippen LogP contribution >= 0.6 is 11.3 Å². The van der Waals surface area contributed by atoms with E-state index in [-0.39, 0.29) is 32.3 Å². The van der Waals surface area contributed by atoms with Gasteiger partial charge >= 0.3 is 6.36 Å². The lowest BCUT2D eigenvalue weighted by Crippen LogP contribution is -2.38. The summed E-state index contributed by atoms with van der Waals surface area (Å²) in [5.74, 6) is -1.67. The smallest absolute Gasteiger partial charge is 0.573 e. The van der Waals surface area contributed by atoms with E-state index in [0.29, 0.717) is 4.70 Å². The van der Waals surface area contributed by atoms with Gasteiger partial charge in [-0.05, 0) is 16.9 Å². The number of alkyl halides is 3. The maximum Gasteiger partial charge on any atom is 0.573 e. The van der Waals surface area contributed by atoms with Crippen molar-refractivity contribution in [2.24, 2.45) is 0 Å². The summed E-state index contributed by atoms with van der Waals surface area (Å²) in [6.07, 6.45) is -4.84. The summed E-state index contributed by atoms with van der Waals surface area (Å²) >= 11 is 1.04. The zero-order valence-electron chi connectivity index (χ0n) is 15.0. The zero-order valence-corrected chi connectivity index (χ0v) is 15.8. The normalized spacial score (nSPS) is 13.3. The minimum Gasteiger partial charge on any atom is -0.690 e. The molecule has 31 heavy (non-hydrogen) atoms. The van der Waals surface area contributed by atoms with Gasteiger partial charge in [-0.15, -0.1) is 18.0 Å². The van der Waals surface area contributed by atoms with Crippen LogP contribution < -0.4 is 15.0 Å². The Hall–Kier alpha value is -4.00. The summed E-state index contributed by atoms with van der Waals surface area (Å²) in [5, 5.41) is 16.0. The molecule has 2 heterocycles. The Morgan fingerprint density at radius 2 is 1.81 bits per heavy atom. The number of nitrogens with zero attached hydrogens (tertiary/aromatic N) is 4. The summed E-state index contributed by atoms with van der Waals surface area (Å²) < 4.78 is 41.6. The average molecular weight is 447 g/mol. The van der Waals surface area contributed by atoms with Gasteiger partial charge in [0.2, 0.25) is 16.7 Å². The standard InChI is InChI=1S/C18H8F3N5O4S/c19-18(20,21)30-8-5-6-12-11(7-8)22-17(31-12)23-25-13-14(26(29)24-25)16(28)10-4-2-1-3-9(10)15(13)27/h1-7H,(H,22,23). The second kappa shape index (κ2) is 6.50. The third-order valence-electron chi connectivity index (χ3n) is 4.44. The summed E-state index contributed by atoms with van der Waals surface area (Å²) in [6, 6.07) is 9.69. The zero-order chi connectivity index (χ0) is 21.9. The number of rotatable bonds is 3. The van der Waals surface area contributed by atoms with Crippen LogP contribution in [0, 0.1) is 5.21 Å². The molecule has 0 radical (unpaired) electrons. The van der Waals surface area contributed by atoms with Gasteiger partial charge in [-0.25, -0.2) is 4.98 Å². The molecular weight excluding hydrogens is 439 g/mol. The Labute approximate surface area is 173 Å². The Balaban J connectivity index is 1.52. The number of nitrogens with one attached hydrogen (secondary N) is 1. The lowest BCUT2D eigenvalue weighted by Gasteiger charge is -2.11. The van der Waals surface area contributed by atoms with Crippen LogP contribution in [-0.2, 0) is 0 Å². The van der Waals surface area contributed by atoms with Crippen molar-refractivity contribution in [1.82, 2.24) is 15.0 Å². The monoisotopic (exact) mass is 447 g/mol. The molecule has 2 aromatic carbocycles. The van der Waals surface area contributed by atoms with Gasteiger partial charge in [-0.2, -0.15) is 5.43 Å². The van der Waals surface area contributed by atoms with E-state index >= 15 is 0 Å². The van der Waals surface area contributed by atoms with E-state index in [4.69, 9.17) is 0 Å². The first-order valence-corrected chi connectivity index (χ1v) is 9.37. The molecule has 0 amide bonds. The van der Waals surface area contributed by atoms with Crippen molar-refractivity contribution in [3.8, 4) is 5.75 Å². The number of carbonyl (C=O) groups is 2. The fourth-order valence-corrected chi connectivity index (χ4v) is 4.04. The van der Waals surface area contributed by atoms with Crippen molar-refractivity contribution in [3.05, 3.63) is 70.2 Å². The molecular formula is C18H8F3N5O4S. The van der Waals surface area contributed by atoms with Crippen LogP contribution in [0.1, 0.15) is 32.1 Å². The van der Waals surface area contributed by atoms with E-state index in [9.17, 15) is 28.0 Å². The second-order valence-corrected chi connectivity index (χ2v) is 7.41. The highest BCUT2D eigenvalue weighted by molar-refractivity contribution is 7.22. The fourth-order valence-electron chi connectivity index (χ4n) is 3.21. The molecule has 0 unspecified atom stereocenters. The number of ketones is 2. The van der Waals surface area contributed by atoms with Gasteiger partial charge in [-0.3, -0.25) is 9.59 Å². The number of carbonyl (C=O) groups excluding carboxylic acids is 2. The van der Waals surface area contributed by atoms with Crippen molar-refractivity contribution in [3.63, 3.8) is 0 Å². The van der Waals surface area contributed by atoms with Gasteiger partial charge in [0.15, 0.2) is 0 Å². The molecule has 0 bridgehead atoms. The van der Waals surface area contributed by atoms with Gasteiger partial charge in [0.05, 0.1) is 10.2 Å². The molecule has 1 aliphatic rings. The molecule has 0 saturated heterocycles. The van der Waals surface area contributed by atoms with E-state index in [0.717, 1.165) is 28.3 Å². The molecule has 5 rings (SSSR count). The Morgan fingerprint density at radius 3 is 2.52 bits per heavy atom. The molecule has 0 fully saturated rings. The minimum atomic E-state index is -4.84. The molecule has 0 spiro atoms. The van der Waals surface area contributed by atoms with Crippen LogP contribution in [0.25, 0.3) is 10.2 Å². The predicted octanol–water partition coefficient (Wildman–Crippen LogP) is 2.68. The largest absolute Gasteiger partial charge is 0.690 e. The topological polar surface area (TPSA) is 113 Å². The number of halogens is 3. The van der Waals surface area contributed by atoms with Crippen LogP contribution in [0.3, 0.4) is 0 Å². The molecule has 156 valence electrons. The van der Waals surface area contributed by atoms with Crippen molar-refractivity contribution in [2.75, 3.05) is 5.43 Å². The number of hydrogen-bond acceptors (Lipinski definition) is 8. The van der Waals surface area contributed by atoms with Crippen molar-refractivity contribution >= 4 is 38.3 Å². The van der Waals surface area contributed by atoms with Crippen molar-refractivity contribution in [2.45, 2.75) is 6.36 Å². The van der Waals surface area contributed by atoms with Gasteiger partial charge < -0.3 is 9.94 Å². The Kier molecular flexibility index (Phi) is 3.98. The molecule has 1 N–H and O–H groups in total. The van der Waals surface area contributed by atoms with Crippen molar-refractivity contribution in [1.29, 1.82) is 0 Å². The van der Waals surface area contributed by atoms with Gasteiger partial charge in [-0.1, -0.05) is 35.6 Å². The van der Waals surface area contributed by atoms with E-state index in [1.165, 1.54) is 18.2 Å². The second-order valence-electron chi connectivity index (χ2n) is 6.38. The summed E-state index contributed by atoms with van der Waals surface area (Å²) in [6.45, 7) is 0. The first-order chi connectivity index (χ1) is 14.7. The number of anilines is 1. The minimum absolute atomic E-state index is 0.0428. The number of thiazole rings is 1. The predicted molar refractivity (Wildman–Crippen MR) is 99.8 cm³/mol. The average Bonchev–Trinajstić information content (AvgIpc) is 3.25. The molecule has 13 heteroatoms. The van der Waals surface area contributed by atoms with Gasteiger partial charge in [0.25, 0.3) is 11.4 Å². The van der Waals surface area contributed by atoms with Crippen LogP contribution in [-0.4, -0.2) is 32.9 Å². The quantitative estimate of drug-likeness (QED) is 0.334.